The number of amides is 2. The van der Waals surface area contributed by atoms with Crippen molar-refractivity contribution in [2.24, 2.45) is 0 Å². The molecule has 22 heavy (non-hydrogen) atoms. The van der Waals surface area contributed by atoms with Gasteiger partial charge in [0, 0.05) is 43.7 Å². The van der Waals surface area contributed by atoms with Crippen LogP contribution in [-0.4, -0.2) is 59.3 Å². The van der Waals surface area contributed by atoms with Crippen molar-refractivity contribution in [3.05, 3.63) is 16.1 Å². The van der Waals surface area contributed by atoms with E-state index in [-0.39, 0.29) is 17.9 Å². The Morgan fingerprint density at radius 1 is 1.55 bits per heavy atom. The van der Waals surface area contributed by atoms with E-state index in [0.29, 0.717) is 13.1 Å². The number of carbonyl (C=O) groups excluding carboxylic acids is 2. The molecule has 0 saturated carbocycles. The number of likely N-dealkylation sites (N-methyl/N-ethyl adjacent to an activating group) is 1. The zero-order chi connectivity index (χ0) is 16.1. The Hall–Kier alpha value is -1.47. The number of thiazole rings is 1. The summed E-state index contributed by atoms with van der Waals surface area (Å²) in [4.78, 5) is 32.8. The summed E-state index contributed by atoms with van der Waals surface area (Å²) in [6.07, 6.45) is 3.75. The van der Waals surface area contributed by atoms with Gasteiger partial charge in [0.1, 0.15) is 0 Å². The van der Waals surface area contributed by atoms with Crippen LogP contribution in [0.3, 0.4) is 0 Å². The van der Waals surface area contributed by atoms with E-state index >= 15 is 0 Å². The third kappa shape index (κ3) is 5.06. The van der Waals surface area contributed by atoms with E-state index in [1.54, 1.807) is 11.3 Å². The number of likely N-dealkylation sites (tertiary alicyclic amines) is 1. The highest BCUT2D eigenvalue weighted by Crippen LogP contribution is 2.14. The van der Waals surface area contributed by atoms with Gasteiger partial charge >= 0.3 is 0 Å². The zero-order valence-corrected chi connectivity index (χ0v) is 14.3. The average Bonchev–Trinajstić information content (AvgIpc) is 2.83. The maximum atomic E-state index is 12.4. The monoisotopic (exact) mass is 324 g/mol. The molecule has 122 valence electrons. The maximum Gasteiger partial charge on any atom is 0.236 e. The van der Waals surface area contributed by atoms with Crippen molar-refractivity contribution < 1.29 is 9.59 Å². The van der Waals surface area contributed by atoms with Crippen molar-refractivity contribution in [1.29, 1.82) is 0 Å². The molecule has 1 aromatic rings. The Bertz CT molecular complexity index is 531. The minimum Gasteiger partial charge on any atom is -0.352 e. The minimum absolute atomic E-state index is 0.0306. The third-order valence-corrected chi connectivity index (χ3v) is 4.58. The predicted octanol–water partition coefficient (Wildman–Crippen LogP) is 1.01. The first-order valence-electron chi connectivity index (χ1n) is 7.58. The van der Waals surface area contributed by atoms with Gasteiger partial charge in [-0.05, 0) is 26.8 Å². The van der Waals surface area contributed by atoms with Crippen LogP contribution in [0.4, 0.5) is 0 Å². The largest absolute Gasteiger partial charge is 0.352 e. The second-order valence-electron chi connectivity index (χ2n) is 5.90. The summed E-state index contributed by atoms with van der Waals surface area (Å²) in [5.74, 6) is 0.0933. The molecule has 1 aromatic heterocycles. The fraction of sp³-hybridized carbons (Fsp3) is 0.667. The highest BCUT2D eigenvalue weighted by molar-refractivity contribution is 7.11. The lowest BCUT2D eigenvalue weighted by Gasteiger charge is -2.34. The number of nitrogens with zero attached hydrogens (tertiary/aromatic N) is 3. The molecule has 1 atom stereocenters. The smallest absolute Gasteiger partial charge is 0.236 e. The first-order valence-corrected chi connectivity index (χ1v) is 8.40. The van der Waals surface area contributed by atoms with Gasteiger partial charge < -0.3 is 10.2 Å². The van der Waals surface area contributed by atoms with Crippen molar-refractivity contribution in [2.45, 2.75) is 39.3 Å². The second-order valence-corrected chi connectivity index (χ2v) is 7.22. The Balaban J connectivity index is 1.81. The summed E-state index contributed by atoms with van der Waals surface area (Å²) >= 11 is 1.66. The molecule has 0 aromatic carbocycles. The number of piperidine rings is 1. The van der Waals surface area contributed by atoms with E-state index in [1.807, 2.05) is 30.0 Å². The summed E-state index contributed by atoms with van der Waals surface area (Å²) < 4.78 is 0. The molecule has 1 saturated heterocycles. The maximum absolute atomic E-state index is 12.4. The van der Waals surface area contributed by atoms with Crippen LogP contribution in [0.25, 0.3) is 0 Å². The van der Waals surface area contributed by atoms with Gasteiger partial charge in [0.15, 0.2) is 0 Å². The molecule has 6 nitrogen and oxygen atoms in total. The van der Waals surface area contributed by atoms with Gasteiger partial charge in [-0.2, -0.15) is 0 Å². The molecule has 0 aliphatic carbocycles. The molecule has 0 bridgehead atoms. The number of nitrogens with one attached hydrogen (secondary N) is 1. The van der Waals surface area contributed by atoms with Crippen LogP contribution in [0.5, 0.6) is 0 Å². The number of hydrogen-bond donors (Lipinski definition) is 1. The molecular weight excluding hydrogens is 300 g/mol. The molecule has 2 heterocycles. The van der Waals surface area contributed by atoms with E-state index in [0.717, 1.165) is 30.9 Å². The summed E-state index contributed by atoms with van der Waals surface area (Å²) in [6, 6.07) is 0.0876. The van der Waals surface area contributed by atoms with Gasteiger partial charge in [0.2, 0.25) is 11.8 Å². The Morgan fingerprint density at radius 3 is 2.95 bits per heavy atom. The van der Waals surface area contributed by atoms with Crippen molar-refractivity contribution in [3.8, 4) is 0 Å². The normalized spacial score (nSPS) is 18.5. The molecule has 1 N–H and O–H groups in total. The van der Waals surface area contributed by atoms with Crippen molar-refractivity contribution in [2.75, 3.05) is 26.7 Å². The third-order valence-electron chi connectivity index (χ3n) is 3.68. The SMILES string of the molecule is CC(=O)NC1CCCN(C(=O)CN(C)Cc2cnc(C)s2)C1. The summed E-state index contributed by atoms with van der Waals surface area (Å²) in [7, 11) is 1.95. The van der Waals surface area contributed by atoms with Crippen LogP contribution in [-0.2, 0) is 16.1 Å². The van der Waals surface area contributed by atoms with Crippen LogP contribution >= 0.6 is 11.3 Å². The lowest BCUT2D eigenvalue weighted by atomic mass is 10.1. The molecule has 0 spiro atoms. The molecule has 7 heteroatoms. The van der Waals surface area contributed by atoms with E-state index in [9.17, 15) is 9.59 Å². The number of aryl methyl sites for hydroxylation is 1. The molecule has 1 aliphatic heterocycles. The predicted molar refractivity (Wildman–Crippen MR) is 86.6 cm³/mol. The van der Waals surface area contributed by atoms with Gasteiger partial charge in [-0.25, -0.2) is 4.98 Å². The van der Waals surface area contributed by atoms with Gasteiger partial charge in [-0.3, -0.25) is 14.5 Å². The van der Waals surface area contributed by atoms with Crippen LogP contribution in [0.15, 0.2) is 6.20 Å². The summed E-state index contributed by atoms with van der Waals surface area (Å²) in [6.45, 7) is 6.03. The van der Waals surface area contributed by atoms with Crippen LogP contribution in [0, 0.1) is 6.92 Å². The van der Waals surface area contributed by atoms with Crippen LogP contribution < -0.4 is 5.32 Å². The summed E-state index contributed by atoms with van der Waals surface area (Å²) in [5, 5.41) is 3.95. The summed E-state index contributed by atoms with van der Waals surface area (Å²) in [5.41, 5.74) is 0. The quantitative estimate of drug-likeness (QED) is 0.878. The highest BCUT2D eigenvalue weighted by atomic mass is 32.1. The van der Waals surface area contributed by atoms with Gasteiger partial charge in [0.05, 0.1) is 11.6 Å². The van der Waals surface area contributed by atoms with Crippen molar-refractivity contribution in [1.82, 2.24) is 20.1 Å². The lowest BCUT2D eigenvalue weighted by Crippen LogP contribution is -2.51. The number of aromatic nitrogens is 1. The standard InChI is InChI=1S/C15H24N4O2S/c1-11(20)17-13-5-4-6-19(8-13)15(21)10-18(3)9-14-7-16-12(2)22-14/h7,13H,4-6,8-10H2,1-3H3,(H,17,20). The lowest BCUT2D eigenvalue weighted by molar-refractivity contribution is -0.134. The van der Waals surface area contributed by atoms with E-state index in [2.05, 4.69) is 10.3 Å². The van der Waals surface area contributed by atoms with Gasteiger partial charge in [0.25, 0.3) is 0 Å². The highest BCUT2D eigenvalue weighted by Gasteiger charge is 2.24. The topological polar surface area (TPSA) is 65.5 Å². The first kappa shape index (κ1) is 16.9. The zero-order valence-electron chi connectivity index (χ0n) is 13.5. The Kier molecular flexibility index (Phi) is 5.90. The van der Waals surface area contributed by atoms with Gasteiger partial charge in [-0.15, -0.1) is 11.3 Å². The molecular formula is C15H24N4O2S. The molecule has 1 fully saturated rings. The molecule has 1 unspecified atom stereocenters. The first-order chi connectivity index (χ1) is 10.4. The number of rotatable bonds is 5. The van der Waals surface area contributed by atoms with Gasteiger partial charge in [-0.1, -0.05) is 0 Å². The fourth-order valence-corrected chi connectivity index (χ4v) is 3.62. The molecule has 2 rings (SSSR count). The minimum atomic E-state index is -0.0306. The van der Waals surface area contributed by atoms with E-state index in [4.69, 9.17) is 0 Å². The second kappa shape index (κ2) is 7.69. The molecule has 2 amide bonds. The van der Waals surface area contributed by atoms with Crippen molar-refractivity contribution in [3.63, 3.8) is 0 Å². The van der Waals surface area contributed by atoms with E-state index in [1.165, 1.54) is 11.8 Å². The average molecular weight is 324 g/mol. The Labute approximate surface area is 135 Å². The number of carbonyl (C=O) groups is 2. The number of hydrogen-bond acceptors (Lipinski definition) is 5. The molecule has 1 aliphatic rings. The van der Waals surface area contributed by atoms with Crippen molar-refractivity contribution >= 4 is 23.2 Å². The Morgan fingerprint density at radius 2 is 2.32 bits per heavy atom. The fourth-order valence-electron chi connectivity index (χ4n) is 2.74. The van der Waals surface area contributed by atoms with Crippen LogP contribution in [0.2, 0.25) is 0 Å². The molecule has 0 radical (unpaired) electrons. The van der Waals surface area contributed by atoms with E-state index < -0.39 is 0 Å². The van der Waals surface area contributed by atoms with Crippen LogP contribution in [0.1, 0.15) is 29.7 Å².